The average Bonchev–Trinajstić information content (AvgIpc) is 2.61. The van der Waals surface area contributed by atoms with Crippen LogP contribution in [0.5, 0.6) is 0 Å². The average molecular weight is 182 g/mol. The molecule has 2 bridgehead atoms. The van der Waals surface area contributed by atoms with Gasteiger partial charge < -0.3 is 4.74 Å². The van der Waals surface area contributed by atoms with E-state index >= 15 is 0 Å². The van der Waals surface area contributed by atoms with Crippen LogP contribution < -0.4 is 0 Å². The van der Waals surface area contributed by atoms with E-state index in [2.05, 4.69) is 25.2 Å². The molecule has 0 heterocycles. The highest BCUT2D eigenvalue weighted by atomic mass is 28.3. The maximum absolute atomic E-state index is 5.49. The molecule has 1 saturated carbocycles. The molecule has 0 saturated heterocycles. The molecule has 2 rings (SSSR count). The van der Waals surface area contributed by atoms with Crippen LogP contribution in [0, 0.1) is 5.92 Å². The zero-order valence-electron chi connectivity index (χ0n) is 8.21. The number of allylic oxidation sites excluding steroid dienone is 1. The van der Waals surface area contributed by atoms with E-state index < -0.39 is 8.80 Å². The topological polar surface area (TPSA) is 9.23 Å². The lowest BCUT2D eigenvalue weighted by molar-refractivity contribution is 0.0828. The predicted molar refractivity (Wildman–Crippen MR) is 54.2 cm³/mol. The first kappa shape index (κ1) is 8.51. The summed E-state index contributed by atoms with van der Waals surface area (Å²) in [6, 6.07) is 0. The van der Waals surface area contributed by atoms with Crippen LogP contribution in [-0.2, 0) is 4.74 Å². The van der Waals surface area contributed by atoms with Gasteiger partial charge in [0.2, 0.25) is 0 Å². The minimum Gasteiger partial charge on any atom is -0.381 e. The summed E-state index contributed by atoms with van der Waals surface area (Å²) in [5.41, 5.74) is 0. The third-order valence-corrected chi connectivity index (χ3v) is 6.77. The van der Waals surface area contributed by atoms with E-state index in [0.29, 0.717) is 11.1 Å². The van der Waals surface area contributed by atoms with E-state index in [-0.39, 0.29) is 0 Å². The molecule has 0 aliphatic heterocycles. The smallest absolute Gasteiger partial charge is 0.0639 e. The Labute approximate surface area is 76.4 Å². The van der Waals surface area contributed by atoms with E-state index in [1.807, 2.05) is 7.11 Å². The first-order chi connectivity index (χ1) is 5.68. The Morgan fingerprint density at radius 1 is 1.42 bits per heavy atom. The van der Waals surface area contributed by atoms with Crippen molar-refractivity contribution in [1.82, 2.24) is 0 Å². The van der Waals surface area contributed by atoms with Gasteiger partial charge >= 0.3 is 0 Å². The molecule has 2 aliphatic carbocycles. The van der Waals surface area contributed by atoms with Crippen LogP contribution in [0.3, 0.4) is 0 Å². The second-order valence-corrected chi connectivity index (χ2v) is 8.05. The molecule has 0 amide bonds. The van der Waals surface area contributed by atoms with Crippen molar-refractivity contribution in [3.8, 4) is 0 Å². The fourth-order valence-corrected chi connectivity index (χ4v) is 4.69. The summed E-state index contributed by atoms with van der Waals surface area (Å²) in [6.07, 6.45) is 8.10. The molecule has 0 aromatic carbocycles. The van der Waals surface area contributed by atoms with Crippen molar-refractivity contribution in [2.24, 2.45) is 5.92 Å². The molecule has 3 atom stereocenters. The van der Waals surface area contributed by atoms with Gasteiger partial charge in [-0.1, -0.05) is 25.2 Å². The van der Waals surface area contributed by atoms with Gasteiger partial charge in [-0.15, -0.1) is 0 Å². The lowest BCUT2D eigenvalue weighted by Crippen LogP contribution is -2.24. The quantitative estimate of drug-likeness (QED) is 0.470. The molecule has 0 spiro atoms. The lowest BCUT2D eigenvalue weighted by Gasteiger charge is -2.28. The van der Waals surface area contributed by atoms with Crippen molar-refractivity contribution in [3.05, 3.63) is 12.2 Å². The zero-order valence-corrected chi connectivity index (χ0v) is 9.36. The Morgan fingerprint density at radius 2 is 2.17 bits per heavy atom. The molecule has 2 heteroatoms. The second-order valence-electron chi connectivity index (χ2n) is 4.59. The SMILES string of the molecule is COC1CC2([SiH](C)C)C=CC1C2. The van der Waals surface area contributed by atoms with Crippen LogP contribution in [0.4, 0.5) is 0 Å². The third-order valence-electron chi connectivity index (χ3n) is 3.80. The van der Waals surface area contributed by atoms with Gasteiger partial charge in [0.25, 0.3) is 0 Å². The molecule has 0 N–H and O–H groups in total. The highest BCUT2D eigenvalue weighted by Gasteiger charge is 2.48. The van der Waals surface area contributed by atoms with Crippen LogP contribution in [-0.4, -0.2) is 22.0 Å². The van der Waals surface area contributed by atoms with Gasteiger partial charge in [0.1, 0.15) is 0 Å². The summed E-state index contributed by atoms with van der Waals surface area (Å²) < 4.78 is 5.49. The van der Waals surface area contributed by atoms with E-state index in [1.54, 1.807) is 0 Å². The van der Waals surface area contributed by atoms with Gasteiger partial charge in [-0.3, -0.25) is 0 Å². The summed E-state index contributed by atoms with van der Waals surface area (Å²) in [6.45, 7) is 4.93. The highest BCUT2D eigenvalue weighted by Crippen LogP contribution is 2.57. The van der Waals surface area contributed by atoms with E-state index in [9.17, 15) is 0 Å². The summed E-state index contributed by atoms with van der Waals surface area (Å²) in [5, 5.41) is 0.616. The minimum atomic E-state index is -0.536. The zero-order chi connectivity index (χ0) is 8.77. The van der Waals surface area contributed by atoms with Gasteiger partial charge in [0.15, 0.2) is 0 Å². The van der Waals surface area contributed by atoms with Crippen molar-refractivity contribution >= 4 is 8.80 Å². The number of hydrogen-bond acceptors (Lipinski definition) is 1. The third kappa shape index (κ3) is 1.01. The number of rotatable bonds is 2. The van der Waals surface area contributed by atoms with Crippen LogP contribution >= 0.6 is 0 Å². The first-order valence-corrected chi connectivity index (χ1v) is 7.79. The fraction of sp³-hybridized carbons (Fsp3) is 0.800. The lowest BCUT2D eigenvalue weighted by atomic mass is 10.0. The van der Waals surface area contributed by atoms with E-state index in [1.165, 1.54) is 12.8 Å². The Bertz CT molecular complexity index is 212. The standard InChI is InChI=1S/C10H18OSi/c1-11-9-7-10(12(2)3)5-4-8(9)6-10/h4-5,8-9,12H,6-7H2,1-3H3. The fourth-order valence-electron chi connectivity index (χ4n) is 2.74. The summed E-state index contributed by atoms with van der Waals surface area (Å²) >= 11 is 0. The molecule has 1 nitrogen and oxygen atoms in total. The van der Waals surface area contributed by atoms with Gasteiger partial charge in [0, 0.05) is 21.8 Å². The van der Waals surface area contributed by atoms with E-state index in [0.717, 1.165) is 5.92 Å². The predicted octanol–water partition coefficient (Wildman–Crippen LogP) is 2.21. The molecule has 0 aromatic rings. The number of fused-ring (bicyclic) bond motifs is 2. The second kappa shape index (κ2) is 2.71. The maximum atomic E-state index is 5.49. The molecule has 0 aromatic heterocycles. The largest absolute Gasteiger partial charge is 0.381 e. The molecular formula is C10H18OSi. The minimum absolute atomic E-state index is 0.532. The van der Waals surface area contributed by atoms with Crippen LogP contribution in [0.1, 0.15) is 12.8 Å². The van der Waals surface area contributed by atoms with Crippen molar-refractivity contribution in [2.45, 2.75) is 37.1 Å². The van der Waals surface area contributed by atoms with E-state index in [4.69, 9.17) is 4.74 Å². The molecular weight excluding hydrogens is 164 g/mol. The van der Waals surface area contributed by atoms with Crippen LogP contribution in [0.25, 0.3) is 0 Å². The number of methoxy groups -OCH3 is 1. The van der Waals surface area contributed by atoms with Crippen molar-refractivity contribution in [2.75, 3.05) is 7.11 Å². The first-order valence-electron chi connectivity index (χ1n) is 4.90. The maximum Gasteiger partial charge on any atom is 0.0639 e. The molecule has 3 unspecified atom stereocenters. The van der Waals surface area contributed by atoms with Gasteiger partial charge in [0.05, 0.1) is 6.10 Å². The van der Waals surface area contributed by atoms with Crippen molar-refractivity contribution in [3.63, 3.8) is 0 Å². The van der Waals surface area contributed by atoms with Gasteiger partial charge in [-0.25, -0.2) is 0 Å². The molecule has 0 radical (unpaired) electrons. The molecule has 2 aliphatic rings. The van der Waals surface area contributed by atoms with Crippen molar-refractivity contribution < 1.29 is 4.74 Å². The number of ether oxygens (including phenoxy) is 1. The Kier molecular flexibility index (Phi) is 1.92. The Balaban J connectivity index is 2.19. The normalized spacial score (nSPS) is 44.7. The molecule has 1 fully saturated rings. The number of hydrogen-bond donors (Lipinski definition) is 0. The van der Waals surface area contributed by atoms with Crippen LogP contribution in [0.15, 0.2) is 12.2 Å². The Morgan fingerprint density at radius 3 is 2.58 bits per heavy atom. The van der Waals surface area contributed by atoms with Gasteiger partial charge in [-0.2, -0.15) is 0 Å². The van der Waals surface area contributed by atoms with Gasteiger partial charge in [-0.05, 0) is 17.9 Å². The Hall–Kier alpha value is -0.0831. The van der Waals surface area contributed by atoms with Crippen LogP contribution in [0.2, 0.25) is 18.1 Å². The monoisotopic (exact) mass is 182 g/mol. The molecule has 68 valence electrons. The summed E-state index contributed by atoms with van der Waals surface area (Å²) in [4.78, 5) is 0. The molecule has 12 heavy (non-hydrogen) atoms. The summed E-state index contributed by atoms with van der Waals surface area (Å²) in [7, 11) is 1.32. The highest BCUT2D eigenvalue weighted by molar-refractivity contribution is 6.60. The van der Waals surface area contributed by atoms with Crippen molar-refractivity contribution in [1.29, 1.82) is 0 Å². The summed E-state index contributed by atoms with van der Waals surface area (Å²) in [5.74, 6) is 0.741.